The number of rotatable bonds is 3. The van der Waals surface area contributed by atoms with Crippen LogP contribution in [-0.4, -0.2) is 10.1 Å². The number of nitrogens with one attached hydrogen (secondary N) is 1. The molecule has 1 aromatic rings. The number of aromatic nitrogens is 1. The van der Waals surface area contributed by atoms with Crippen molar-refractivity contribution >= 4 is 0 Å². The van der Waals surface area contributed by atoms with Crippen molar-refractivity contribution in [3.8, 4) is 0 Å². The van der Waals surface area contributed by atoms with Gasteiger partial charge in [-0.2, -0.15) is 0 Å². The van der Waals surface area contributed by atoms with E-state index in [0.717, 1.165) is 18.0 Å². The van der Waals surface area contributed by atoms with Crippen molar-refractivity contribution < 1.29 is 5.11 Å². The van der Waals surface area contributed by atoms with E-state index < -0.39 is 0 Å². The first-order valence-corrected chi connectivity index (χ1v) is 6.17. The van der Waals surface area contributed by atoms with Crippen LogP contribution in [0.5, 0.6) is 0 Å². The molecule has 1 aromatic heterocycles. The minimum absolute atomic E-state index is 0.289. The number of H-pyrrole nitrogens is 1. The molecule has 1 atom stereocenters. The highest BCUT2D eigenvalue weighted by Gasteiger charge is 2.17. The third-order valence-electron chi connectivity index (χ3n) is 3.51. The van der Waals surface area contributed by atoms with E-state index in [0.29, 0.717) is 0 Å². The van der Waals surface area contributed by atoms with Gasteiger partial charge in [0.25, 0.3) is 0 Å². The second-order valence-electron chi connectivity index (χ2n) is 4.73. The van der Waals surface area contributed by atoms with Crippen molar-refractivity contribution in [2.24, 2.45) is 5.92 Å². The van der Waals surface area contributed by atoms with E-state index in [1.165, 1.54) is 38.5 Å². The van der Waals surface area contributed by atoms with Gasteiger partial charge < -0.3 is 10.1 Å². The fourth-order valence-corrected chi connectivity index (χ4v) is 2.59. The first kappa shape index (κ1) is 10.7. The molecule has 1 heterocycles. The lowest BCUT2D eigenvalue weighted by molar-refractivity contribution is 0.135. The number of aromatic amines is 1. The van der Waals surface area contributed by atoms with Crippen LogP contribution < -0.4 is 0 Å². The van der Waals surface area contributed by atoms with Gasteiger partial charge in [0.2, 0.25) is 0 Å². The van der Waals surface area contributed by atoms with Crippen molar-refractivity contribution in [2.75, 3.05) is 0 Å². The van der Waals surface area contributed by atoms with Crippen LogP contribution in [0, 0.1) is 5.92 Å². The summed E-state index contributed by atoms with van der Waals surface area (Å²) in [5, 5.41) is 10.0. The maximum absolute atomic E-state index is 10.0. The highest BCUT2D eigenvalue weighted by Crippen LogP contribution is 2.30. The van der Waals surface area contributed by atoms with Crippen LogP contribution in [0.4, 0.5) is 0 Å². The van der Waals surface area contributed by atoms with Crippen molar-refractivity contribution in [2.45, 2.75) is 51.0 Å². The predicted octanol–water partition coefficient (Wildman–Crippen LogP) is 3.41. The van der Waals surface area contributed by atoms with Gasteiger partial charge in [0.15, 0.2) is 0 Å². The zero-order valence-corrected chi connectivity index (χ0v) is 9.28. The fraction of sp³-hybridized carbons (Fsp3) is 0.692. The van der Waals surface area contributed by atoms with E-state index in [4.69, 9.17) is 0 Å². The van der Waals surface area contributed by atoms with Gasteiger partial charge in [0.1, 0.15) is 0 Å². The largest absolute Gasteiger partial charge is 0.387 e. The summed E-state index contributed by atoms with van der Waals surface area (Å²) in [6, 6.07) is 3.92. The summed E-state index contributed by atoms with van der Waals surface area (Å²) in [5.74, 6) is 0.728. The van der Waals surface area contributed by atoms with Crippen LogP contribution >= 0.6 is 0 Å². The Morgan fingerprint density at radius 3 is 2.60 bits per heavy atom. The Hall–Kier alpha value is -0.760. The lowest BCUT2D eigenvalue weighted by atomic mass is 9.93. The lowest BCUT2D eigenvalue weighted by Gasteiger charge is -2.17. The van der Waals surface area contributed by atoms with Gasteiger partial charge in [0.05, 0.1) is 6.10 Å². The topological polar surface area (TPSA) is 36.0 Å². The molecule has 0 bridgehead atoms. The number of hydrogen-bond acceptors (Lipinski definition) is 1. The van der Waals surface area contributed by atoms with Crippen LogP contribution in [0.2, 0.25) is 0 Å². The van der Waals surface area contributed by atoms with Gasteiger partial charge in [-0.1, -0.05) is 38.5 Å². The zero-order valence-electron chi connectivity index (χ0n) is 9.28. The quantitative estimate of drug-likeness (QED) is 0.732. The average Bonchev–Trinajstić information content (AvgIpc) is 2.65. The smallest absolute Gasteiger partial charge is 0.0940 e. The fourth-order valence-electron chi connectivity index (χ4n) is 2.59. The van der Waals surface area contributed by atoms with Crippen molar-refractivity contribution in [3.05, 3.63) is 24.0 Å². The summed E-state index contributed by atoms with van der Waals surface area (Å²) in [6.07, 6.45) is 10.6. The summed E-state index contributed by atoms with van der Waals surface area (Å²) >= 11 is 0. The van der Waals surface area contributed by atoms with E-state index in [2.05, 4.69) is 4.98 Å². The van der Waals surface area contributed by atoms with Crippen LogP contribution in [0.1, 0.15) is 56.7 Å². The van der Waals surface area contributed by atoms with Crippen LogP contribution in [0.3, 0.4) is 0 Å². The standard InChI is InChI=1S/C13H21NO/c15-13(12-8-5-9-14-12)10-11-6-3-1-2-4-7-11/h5,8-9,11,13-15H,1-4,6-7,10H2. The third kappa shape index (κ3) is 3.10. The maximum atomic E-state index is 10.0. The highest BCUT2D eigenvalue weighted by molar-refractivity contribution is 5.06. The molecule has 1 saturated carbocycles. The van der Waals surface area contributed by atoms with Gasteiger partial charge in [-0.15, -0.1) is 0 Å². The third-order valence-corrected chi connectivity index (χ3v) is 3.51. The first-order chi connectivity index (χ1) is 7.36. The Kier molecular flexibility index (Phi) is 3.84. The molecule has 1 aliphatic rings. The molecule has 0 spiro atoms. The molecule has 1 aliphatic carbocycles. The molecular weight excluding hydrogens is 186 g/mol. The summed E-state index contributed by atoms with van der Waals surface area (Å²) in [7, 11) is 0. The molecule has 0 amide bonds. The molecule has 0 aromatic carbocycles. The molecular formula is C13H21NO. The molecule has 84 valence electrons. The molecule has 2 nitrogen and oxygen atoms in total. The van der Waals surface area contributed by atoms with Gasteiger partial charge >= 0.3 is 0 Å². The Balaban J connectivity index is 1.84. The Morgan fingerprint density at radius 2 is 2.00 bits per heavy atom. The van der Waals surface area contributed by atoms with E-state index >= 15 is 0 Å². The first-order valence-electron chi connectivity index (χ1n) is 6.17. The molecule has 0 radical (unpaired) electrons. The molecule has 15 heavy (non-hydrogen) atoms. The van der Waals surface area contributed by atoms with E-state index in [-0.39, 0.29) is 6.10 Å². The highest BCUT2D eigenvalue weighted by atomic mass is 16.3. The molecule has 2 heteroatoms. The molecule has 1 fully saturated rings. The molecule has 1 unspecified atom stereocenters. The zero-order chi connectivity index (χ0) is 10.5. The predicted molar refractivity (Wildman–Crippen MR) is 61.6 cm³/mol. The molecule has 0 saturated heterocycles. The lowest BCUT2D eigenvalue weighted by Crippen LogP contribution is -2.07. The number of aliphatic hydroxyl groups is 1. The van der Waals surface area contributed by atoms with E-state index in [9.17, 15) is 5.11 Å². The minimum Gasteiger partial charge on any atom is -0.387 e. The second kappa shape index (κ2) is 5.36. The van der Waals surface area contributed by atoms with E-state index in [1.807, 2.05) is 18.3 Å². The molecule has 2 N–H and O–H groups in total. The number of aliphatic hydroxyl groups excluding tert-OH is 1. The second-order valence-corrected chi connectivity index (χ2v) is 4.73. The summed E-state index contributed by atoms with van der Waals surface area (Å²) in [5.41, 5.74) is 0.972. The van der Waals surface area contributed by atoms with Crippen LogP contribution in [-0.2, 0) is 0 Å². The van der Waals surface area contributed by atoms with E-state index in [1.54, 1.807) is 0 Å². The van der Waals surface area contributed by atoms with Gasteiger partial charge in [-0.3, -0.25) is 0 Å². The van der Waals surface area contributed by atoms with Crippen molar-refractivity contribution in [1.29, 1.82) is 0 Å². The summed E-state index contributed by atoms with van der Waals surface area (Å²) < 4.78 is 0. The normalized spacial score (nSPS) is 21.1. The van der Waals surface area contributed by atoms with Gasteiger partial charge in [-0.25, -0.2) is 0 Å². The maximum Gasteiger partial charge on any atom is 0.0940 e. The summed E-state index contributed by atoms with van der Waals surface area (Å²) in [6.45, 7) is 0. The van der Waals surface area contributed by atoms with Gasteiger partial charge in [-0.05, 0) is 24.5 Å². The molecule has 0 aliphatic heterocycles. The van der Waals surface area contributed by atoms with Gasteiger partial charge in [0, 0.05) is 11.9 Å². The SMILES string of the molecule is OC(CC1CCCCCC1)c1ccc[nH]1. The summed E-state index contributed by atoms with van der Waals surface area (Å²) in [4.78, 5) is 3.09. The average molecular weight is 207 g/mol. The molecule has 2 rings (SSSR count). The minimum atomic E-state index is -0.289. The van der Waals surface area contributed by atoms with Crippen molar-refractivity contribution in [1.82, 2.24) is 4.98 Å². The monoisotopic (exact) mass is 207 g/mol. The Bertz CT molecular complexity index is 260. The Labute approximate surface area is 91.7 Å². The number of hydrogen-bond donors (Lipinski definition) is 2. The van der Waals surface area contributed by atoms with Crippen LogP contribution in [0.25, 0.3) is 0 Å². The van der Waals surface area contributed by atoms with Crippen molar-refractivity contribution in [3.63, 3.8) is 0 Å². The van der Waals surface area contributed by atoms with Crippen LogP contribution in [0.15, 0.2) is 18.3 Å². The Morgan fingerprint density at radius 1 is 1.27 bits per heavy atom.